The van der Waals surface area contributed by atoms with Crippen molar-refractivity contribution in [2.24, 2.45) is 0 Å². The highest BCUT2D eigenvalue weighted by Gasteiger charge is 2.25. The molecule has 0 aliphatic heterocycles. The van der Waals surface area contributed by atoms with Crippen molar-refractivity contribution in [3.63, 3.8) is 0 Å². The van der Waals surface area contributed by atoms with Crippen LogP contribution in [0, 0.1) is 0 Å². The van der Waals surface area contributed by atoms with Gasteiger partial charge in [-0.05, 0) is 38.8 Å². The monoisotopic (exact) mass is 748 g/mol. The summed E-state index contributed by atoms with van der Waals surface area (Å²) in [6.07, 6.45) is 1.77. The molecule has 0 aliphatic rings. The molecule has 0 aliphatic carbocycles. The third kappa shape index (κ3) is 4.08. The summed E-state index contributed by atoms with van der Waals surface area (Å²) in [5.41, 5.74) is 5.46. The molecule has 6 nitrogen and oxygen atoms in total. The Bertz CT molecular complexity index is 3500. The number of pyridine rings is 2. The normalized spacial score (nSPS) is 12.0. The van der Waals surface area contributed by atoms with Gasteiger partial charge in [-0.15, -0.1) is 0 Å². The molecule has 12 aromatic rings. The van der Waals surface area contributed by atoms with E-state index in [9.17, 15) is 9.59 Å². The third-order valence-electron chi connectivity index (χ3n) is 10.5. The summed E-state index contributed by atoms with van der Waals surface area (Å²) < 4.78 is 16.3. The van der Waals surface area contributed by atoms with Crippen LogP contribution in [0.3, 0.4) is 0 Å². The van der Waals surface area contributed by atoms with Crippen molar-refractivity contribution >= 4 is 91.9 Å². The number of nitrogens with zero attached hydrogens (tertiary/aromatic N) is 2. The van der Waals surface area contributed by atoms with E-state index in [1.165, 1.54) is 0 Å². The topological polar surface area (TPSA) is 69.2 Å². The number of para-hydroxylation sites is 2. The molecule has 53 heavy (non-hydrogen) atoms. The summed E-state index contributed by atoms with van der Waals surface area (Å²) in [5.74, 6) is 1.43. The number of halogens is 1. The van der Waals surface area contributed by atoms with E-state index in [1.54, 1.807) is 6.26 Å². The van der Waals surface area contributed by atoms with E-state index in [-0.39, 0.29) is 11.1 Å². The molecule has 0 saturated heterocycles. The van der Waals surface area contributed by atoms with Crippen LogP contribution in [0.15, 0.2) is 175 Å². The first kappa shape index (κ1) is 30.0. The van der Waals surface area contributed by atoms with Gasteiger partial charge in [0.2, 0.25) is 0 Å². The molecule has 250 valence electrons. The van der Waals surface area contributed by atoms with Gasteiger partial charge in [-0.1, -0.05) is 133 Å². The van der Waals surface area contributed by atoms with E-state index in [2.05, 4.69) is 34.1 Å². The molecule has 0 bridgehead atoms. The maximum atomic E-state index is 13.5. The quantitative estimate of drug-likeness (QED) is 0.165. The first-order valence-electron chi connectivity index (χ1n) is 17.3. The molecule has 0 atom stereocenters. The van der Waals surface area contributed by atoms with Crippen LogP contribution in [0.4, 0.5) is 0 Å². The van der Waals surface area contributed by atoms with E-state index in [0.29, 0.717) is 15.8 Å². The second-order valence-corrected chi connectivity index (χ2v) is 14.0. The van der Waals surface area contributed by atoms with Gasteiger partial charge in [0.05, 0.1) is 16.4 Å². The zero-order valence-corrected chi connectivity index (χ0v) is 29.4. The number of benzene rings is 6. The van der Waals surface area contributed by atoms with Crippen molar-refractivity contribution in [1.29, 1.82) is 0 Å². The Morgan fingerprint density at radius 2 is 0.830 bits per heavy atom. The van der Waals surface area contributed by atoms with Gasteiger partial charge < -0.3 is 8.83 Å². The van der Waals surface area contributed by atoms with E-state index in [4.69, 9.17) is 8.83 Å². The van der Waals surface area contributed by atoms with Crippen LogP contribution >= 0.6 is 15.9 Å². The van der Waals surface area contributed by atoms with Gasteiger partial charge in [0.15, 0.2) is 16.2 Å². The number of furan rings is 2. The molecule has 0 saturated carbocycles. The van der Waals surface area contributed by atoms with Crippen molar-refractivity contribution in [3.05, 3.63) is 177 Å². The molecule has 6 heterocycles. The molecule has 6 aromatic heterocycles. The zero-order chi connectivity index (χ0) is 35.4. The Labute approximate surface area is 308 Å². The Morgan fingerprint density at radius 3 is 1.42 bits per heavy atom. The fourth-order valence-corrected chi connectivity index (χ4v) is 8.85. The van der Waals surface area contributed by atoms with Gasteiger partial charge in [-0.3, -0.25) is 18.4 Å². The molecule has 0 N–H and O–H groups in total. The van der Waals surface area contributed by atoms with E-state index < -0.39 is 0 Å². The maximum absolute atomic E-state index is 13.5. The van der Waals surface area contributed by atoms with Gasteiger partial charge in [0.1, 0.15) is 17.3 Å². The van der Waals surface area contributed by atoms with Crippen molar-refractivity contribution < 1.29 is 8.83 Å². The lowest BCUT2D eigenvalue weighted by atomic mass is 10.0. The molecular formula is C46H25BrN2O4. The average Bonchev–Trinajstić information content (AvgIpc) is 3.97. The summed E-state index contributed by atoms with van der Waals surface area (Å²) in [7, 11) is 0. The fraction of sp³-hybridized carbons (Fsp3) is 0. The number of aromatic nitrogens is 2. The molecule has 0 spiro atoms. The van der Waals surface area contributed by atoms with Crippen LogP contribution in [-0.2, 0) is 0 Å². The Morgan fingerprint density at radius 1 is 0.396 bits per heavy atom. The zero-order valence-electron chi connectivity index (χ0n) is 27.8. The van der Waals surface area contributed by atoms with Crippen molar-refractivity contribution in [3.8, 4) is 22.6 Å². The molecular weight excluding hydrogens is 724 g/mol. The minimum absolute atomic E-state index is 0.00196. The maximum Gasteiger partial charge on any atom is 0.263 e. The van der Waals surface area contributed by atoms with Crippen molar-refractivity contribution in [2.75, 3.05) is 0 Å². The molecule has 0 amide bonds. The van der Waals surface area contributed by atoms with Crippen molar-refractivity contribution in [2.45, 2.75) is 0 Å². The lowest BCUT2D eigenvalue weighted by molar-refractivity contribution is 0.560. The smallest absolute Gasteiger partial charge is 0.263 e. The fourth-order valence-electron chi connectivity index (χ4n) is 8.29. The summed E-state index contributed by atoms with van der Waals surface area (Å²) in [6, 6.07) is 47.8. The van der Waals surface area contributed by atoms with Crippen molar-refractivity contribution in [1.82, 2.24) is 8.80 Å². The lowest BCUT2D eigenvalue weighted by Gasteiger charge is -2.06. The van der Waals surface area contributed by atoms with E-state index in [0.717, 1.165) is 87.4 Å². The molecule has 12 rings (SSSR count). The molecule has 7 heteroatoms. The first-order valence-corrected chi connectivity index (χ1v) is 18.1. The minimum atomic E-state index is -0.0187. The highest BCUT2D eigenvalue weighted by molar-refractivity contribution is 9.10. The second kappa shape index (κ2) is 11.1. The van der Waals surface area contributed by atoms with Crippen LogP contribution in [0.2, 0.25) is 0 Å². The van der Waals surface area contributed by atoms with Crippen LogP contribution in [-0.4, -0.2) is 8.80 Å². The van der Waals surface area contributed by atoms with Crippen LogP contribution in [0.5, 0.6) is 0 Å². The van der Waals surface area contributed by atoms with Crippen LogP contribution in [0.1, 0.15) is 0 Å². The van der Waals surface area contributed by atoms with Gasteiger partial charge in [-0.25, -0.2) is 0 Å². The second-order valence-electron chi connectivity index (χ2n) is 13.3. The molecule has 0 unspecified atom stereocenters. The summed E-state index contributed by atoms with van der Waals surface area (Å²) in [5, 5.41) is 9.56. The standard InChI is InChI=1S/C23H12BrNO2.C23H13NO2/c24-22-18-17-12-6-11-15-14-9-4-5-10-16(14)23(26)25(19(15)17)20(18)21(27-22)13-7-2-1-3-8-13;25-23-18-10-5-4-9-15(18)16-11-6-12-17-19-13-26-22(14-7-2-1-3-8-14)21(19)24(23)20(16)17/h1-12H;1-13H. The Balaban J connectivity index is 0.000000125. The number of hydrogen-bond donors (Lipinski definition) is 0. The van der Waals surface area contributed by atoms with Gasteiger partial charge in [0.25, 0.3) is 11.1 Å². The van der Waals surface area contributed by atoms with Crippen LogP contribution in [0.25, 0.3) is 98.6 Å². The highest BCUT2D eigenvalue weighted by atomic mass is 79.9. The third-order valence-corrected chi connectivity index (χ3v) is 11.1. The number of fused-ring (bicyclic) bond motifs is 10. The Hall–Kier alpha value is -6.70. The van der Waals surface area contributed by atoms with Crippen LogP contribution < -0.4 is 11.1 Å². The summed E-state index contributed by atoms with van der Waals surface area (Å²) >= 11 is 3.59. The number of rotatable bonds is 2. The average molecular weight is 750 g/mol. The molecule has 0 fully saturated rings. The predicted molar refractivity (Wildman–Crippen MR) is 218 cm³/mol. The molecule has 0 radical (unpaired) electrons. The number of hydrogen-bond acceptors (Lipinski definition) is 4. The van der Waals surface area contributed by atoms with Gasteiger partial charge >= 0.3 is 0 Å². The van der Waals surface area contributed by atoms with E-state index >= 15 is 0 Å². The Kier molecular flexibility index (Phi) is 6.31. The SMILES string of the molecule is O=c1c2ccccc2c2cccc3c4c(Br)oc(-c5ccccc5)c4n1c23.O=c1c2ccccc2c2cccc3c4coc(-c5ccccc5)c4n1c23. The lowest BCUT2D eigenvalue weighted by Crippen LogP contribution is -2.12. The van der Waals surface area contributed by atoms with Gasteiger partial charge in [-0.2, -0.15) is 0 Å². The van der Waals surface area contributed by atoms with Gasteiger partial charge in [0, 0.05) is 48.8 Å². The van der Waals surface area contributed by atoms with E-state index in [1.807, 2.05) is 136 Å². The summed E-state index contributed by atoms with van der Waals surface area (Å²) in [6.45, 7) is 0. The largest absolute Gasteiger partial charge is 0.461 e. The first-order chi connectivity index (χ1) is 26.1. The predicted octanol–water partition coefficient (Wildman–Crippen LogP) is 11.7. The highest BCUT2D eigenvalue weighted by Crippen LogP contribution is 2.44. The molecule has 6 aromatic carbocycles. The summed E-state index contributed by atoms with van der Waals surface area (Å²) in [4.78, 5) is 26.8. The minimum Gasteiger partial charge on any atom is -0.461 e.